The number of carbonyl (C=O) groups excluding carboxylic acids is 2. The molecular weight excluding hydrogens is 252 g/mol. The maximum Gasteiger partial charge on any atom is 0.311 e. The Morgan fingerprint density at radius 2 is 1.35 bits per heavy atom. The van der Waals surface area contributed by atoms with Crippen molar-refractivity contribution in [2.75, 3.05) is 7.05 Å². The average Bonchev–Trinajstić information content (AvgIpc) is 2.75. The van der Waals surface area contributed by atoms with E-state index in [1.807, 2.05) is 0 Å². The number of nitrogens with zero attached hydrogens (tertiary/aromatic N) is 1. The van der Waals surface area contributed by atoms with Crippen LogP contribution in [0.5, 0.6) is 0 Å². The topological polar surface area (TPSA) is 49.4 Å². The Morgan fingerprint density at radius 1 is 0.850 bits per heavy atom. The van der Waals surface area contributed by atoms with Crippen molar-refractivity contribution in [1.29, 1.82) is 0 Å². The predicted octanol–water partition coefficient (Wildman–Crippen LogP) is 2.62. The van der Waals surface area contributed by atoms with Crippen molar-refractivity contribution in [3.05, 3.63) is 0 Å². The number of hydrogen-bond acceptors (Lipinski definition) is 2. The summed E-state index contributed by atoms with van der Waals surface area (Å²) in [5.74, 6) is -0.744. The van der Waals surface area contributed by atoms with Gasteiger partial charge in [-0.2, -0.15) is 0 Å². The second kappa shape index (κ2) is 7.65. The first-order valence-electron chi connectivity index (χ1n) is 8.26. The third-order valence-corrected chi connectivity index (χ3v) is 4.83. The lowest BCUT2D eigenvalue weighted by molar-refractivity contribution is -0.147. The highest BCUT2D eigenvalue weighted by Crippen LogP contribution is 2.22. The van der Waals surface area contributed by atoms with Crippen molar-refractivity contribution in [1.82, 2.24) is 10.2 Å². The fraction of sp³-hybridized carbons (Fsp3) is 0.875. The zero-order valence-corrected chi connectivity index (χ0v) is 12.7. The molecule has 2 aliphatic carbocycles. The van der Waals surface area contributed by atoms with Crippen LogP contribution in [-0.4, -0.2) is 35.8 Å². The van der Waals surface area contributed by atoms with Gasteiger partial charge in [0, 0.05) is 19.1 Å². The summed E-state index contributed by atoms with van der Waals surface area (Å²) < 4.78 is 0. The Morgan fingerprint density at radius 3 is 1.95 bits per heavy atom. The van der Waals surface area contributed by atoms with Crippen molar-refractivity contribution >= 4 is 11.8 Å². The first-order chi connectivity index (χ1) is 9.68. The van der Waals surface area contributed by atoms with Gasteiger partial charge in [0.25, 0.3) is 0 Å². The molecular formula is C16H28N2O2. The maximum atomic E-state index is 12.2. The minimum atomic E-state index is -0.398. The van der Waals surface area contributed by atoms with Gasteiger partial charge in [0.2, 0.25) is 0 Å². The molecule has 4 nitrogen and oxygen atoms in total. The number of likely N-dealkylation sites (N-methyl/N-ethyl adjacent to an activating group) is 1. The molecule has 1 N–H and O–H groups in total. The largest absolute Gasteiger partial charge is 0.345 e. The Kier molecular flexibility index (Phi) is 5.86. The van der Waals surface area contributed by atoms with Crippen molar-refractivity contribution in [2.45, 2.75) is 82.7 Å². The second-order valence-electron chi connectivity index (χ2n) is 6.37. The number of nitrogens with one attached hydrogen (secondary N) is 1. The van der Waals surface area contributed by atoms with E-state index < -0.39 is 5.91 Å². The molecule has 2 aliphatic rings. The van der Waals surface area contributed by atoms with Gasteiger partial charge in [-0.1, -0.05) is 44.9 Å². The van der Waals surface area contributed by atoms with Crippen molar-refractivity contribution in [3.63, 3.8) is 0 Å². The fourth-order valence-corrected chi connectivity index (χ4v) is 3.47. The van der Waals surface area contributed by atoms with Gasteiger partial charge in [-0.3, -0.25) is 9.59 Å². The molecule has 2 rings (SSSR count). The zero-order valence-electron chi connectivity index (χ0n) is 12.7. The summed E-state index contributed by atoms with van der Waals surface area (Å²) in [7, 11) is 1.78. The molecule has 0 unspecified atom stereocenters. The van der Waals surface area contributed by atoms with Gasteiger partial charge in [0.05, 0.1) is 0 Å². The number of amides is 2. The van der Waals surface area contributed by atoms with E-state index in [0.717, 1.165) is 38.5 Å². The van der Waals surface area contributed by atoms with Gasteiger partial charge in [0.15, 0.2) is 0 Å². The fourth-order valence-electron chi connectivity index (χ4n) is 3.47. The lowest BCUT2D eigenvalue weighted by Crippen LogP contribution is -2.48. The minimum Gasteiger partial charge on any atom is -0.345 e. The molecule has 0 saturated heterocycles. The monoisotopic (exact) mass is 280 g/mol. The number of carbonyl (C=O) groups is 2. The number of rotatable bonds is 2. The molecule has 4 heteroatoms. The van der Waals surface area contributed by atoms with Crippen LogP contribution in [0.15, 0.2) is 0 Å². The minimum absolute atomic E-state index is 0.203. The van der Waals surface area contributed by atoms with Crippen LogP contribution >= 0.6 is 0 Å². The van der Waals surface area contributed by atoms with Gasteiger partial charge in [0.1, 0.15) is 0 Å². The van der Waals surface area contributed by atoms with Crippen LogP contribution in [0.4, 0.5) is 0 Å². The second-order valence-corrected chi connectivity index (χ2v) is 6.37. The highest BCUT2D eigenvalue weighted by atomic mass is 16.2. The SMILES string of the molecule is CN(C(=O)C(=O)NC1CCCCCC1)C1CCCCC1. The van der Waals surface area contributed by atoms with E-state index in [1.54, 1.807) is 11.9 Å². The van der Waals surface area contributed by atoms with Crippen LogP contribution < -0.4 is 5.32 Å². The quantitative estimate of drug-likeness (QED) is 0.624. The van der Waals surface area contributed by atoms with Crippen LogP contribution in [0.25, 0.3) is 0 Å². The molecule has 0 aromatic rings. The average molecular weight is 280 g/mol. The smallest absolute Gasteiger partial charge is 0.311 e. The normalized spacial score (nSPS) is 22.1. The van der Waals surface area contributed by atoms with Gasteiger partial charge in [-0.15, -0.1) is 0 Å². The van der Waals surface area contributed by atoms with E-state index in [0.29, 0.717) is 0 Å². The lowest BCUT2D eigenvalue weighted by atomic mass is 9.94. The van der Waals surface area contributed by atoms with Crippen molar-refractivity contribution in [2.24, 2.45) is 0 Å². The van der Waals surface area contributed by atoms with Gasteiger partial charge in [-0.25, -0.2) is 0 Å². The Hall–Kier alpha value is -1.06. The molecule has 114 valence electrons. The summed E-state index contributed by atoms with van der Waals surface area (Å²) in [4.78, 5) is 26.0. The molecule has 0 radical (unpaired) electrons. The summed E-state index contributed by atoms with van der Waals surface area (Å²) in [6, 6.07) is 0.463. The third-order valence-electron chi connectivity index (χ3n) is 4.83. The highest BCUT2D eigenvalue weighted by molar-refractivity contribution is 6.35. The van der Waals surface area contributed by atoms with E-state index in [1.165, 1.54) is 32.1 Å². The van der Waals surface area contributed by atoms with Crippen LogP contribution in [0.3, 0.4) is 0 Å². The van der Waals surface area contributed by atoms with E-state index in [-0.39, 0.29) is 18.0 Å². The van der Waals surface area contributed by atoms with E-state index in [2.05, 4.69) is 5.32 Å². The van der Waals surface area contributed by atoms with Gasteiger partial charge < -0.3 is 10.2 Å². The Labute approximate surface area is 122 Å². The zero-order chi connectivity index (χ0) is 14.4. The molecule has 2 fully saturated rings. The number of hydrogen-bond donors (Lipinski definition) is 1. The van der Waals surface area contributed by atoms with Crippen LogP contribution in [0.1, 0.15) is 70.6 Å². The molecule has 0 aromatic heterocycles. The first kappa shape index (κ1) is 15.3. The molecule has 0 heterocycles. The van der Waals surface area contributed by atoms with Crippen LogP contribution in [-0.2, 0) is 9.59 Å². The highest BCUT2D eigenvalue weighted by Gasteiger charge is 2.27. The molecule has 0 aromatic carbocycles. The van der Waals surface area contributed by atoms with Gasteiger partial charge >= 0.3 is 11.8 Å². The van der Waals surface area contributed by atoms with Gasteiger partial charge in [-0.05, 0) is 25.7 Å². The summed E-state index contributed by atoms with van der Waals surface area (Å²) >= 11 is 0. The molecule has 0 aliphatic heterocycles. The van der Waals surface area contributed by atoms with Crippen molar-refractivity contribution in [3.8, 4) is 0 Å². The molecule has 0 spiro atoms. The standard InChI is InChI=1S/C16H28N2O2/c1-18(14-11-7-4-8-12-14)16(20)15(19)17-13-9-5-2-3-6-10-13/h13-14H,2-12H2,1H3,(H,17,19). The van der Waals surface area contributed by atoms with E-state index in [4.69, 9.17) is 0 Å². The Bertz CT molecular complexity index is 329. The van der Waals surface area contributed by atoms with Crippen LogP contribution in [0.2, 0.25) is 0 Å². The Balaban J connectivity index is 1.82. The van der Waals surface area contributed by atoms with E-state index in [9.17, 15) is 9.59 Å². The first-order valence-corrected chi connectivity index (χ1v) is 8.26. The van der Waals surface area contributed by atoms with Crippen molar-refractivity contribution < 1.29 is 9.59 Å². The van der Waals surface area contributed by atoms with Crippen LogP contribution in [0, 0.1) is 0 Å². The van der Waals surface area contributed by atoms with E-state index >= 15 is 0 Å². The molecule has 0 bridgehead atoms. The molecule has 0 atom stereocenters. The summed E-state index contributed by atoms with van der Waals surface area (Å²) in [6.45, 7) is 0. The lowest BCUT2D eigenvalue weighted by Gasteiger charge is -2.31. The third kappa shape index (κ3) is 4.22. The summed E-state index contributed by atoms with van der Waals surface area (Å²) in [6.07, 6.45) is 12.6. The predicted molar refractivity (Wildman–Crippen MR) is 79.3 cm³/mol. The molecule has 2 amide bonds. The summed E-state index contributed by atoms with van der Waals surface area (Å²) in [5, 5.41) is 2.95. The molecule has 2 saturated carbocycles. The molecule has 20 heavy (non-hydrogen) atoms. The summed E-state index contributed by atoms with van der Waals surface area (Å²) in [5.41, 5.74) is 0. The maximum absolute atomic E-state index is 12.2.